The summed E-state index contributed by atoms with van der Waals surface area (Å²) in [4.78, 5) is 4.36. The Kier molecular flexibility index (Phi) is 3.56. The van der Waals surface area contributed by atoms with Crippen LogP contribution in [0.25, 0.3) is 0 Å². The van der Waals surface area contributed by atoms with Crippen LogP contribution in [0.4, 0.5) is 8.78 Å². The zero-order chi connectivity index (χ0) is 11.5. The third-order valence-electron chi connectivity index (χ3n) is 1.80. The van der Waals surface area contributed by atoms with Gasteiger partial charge in [-0.15, -0.1) is 0 Å². The van der Waals surface area contributed by atoms with E-state index in [9.17, 15) is 8.78 Å². The van der Waals surface area contributed by atoms with E-state index in [0.29, 0.717) is 9.63 Å². The minimum absolute atomic E-state index is 0.227. The van der Waals surface area contributed by atoms with E-state index >= 15 is 0 Å². The van der Waals surface area contributed by atoms with Gasteiger partial charge >= 0.3 is 0 Å². The lowest BCUT2D eigenvalue weighted by Crippen LogP contribution is -1.85. The zero-order valence-corrected chi connectivity index (χ0v) is 10.4. The van der Waals surface area contributed by atoms with Gasteiger partial charge in [0.1, 0.15) is 21.3 Å². The lowest BCUT2D eigenvalue weighted by Gasteiger charge is -2.02. The van der Waals surface area contributed by atoms with Crippen molar-refractivity contribution in [2.75, 3.05) is 0 Å². The van der Waals surface area contributed by atoms with Crippen LogP contribution in [0.1, 0.15) is 0 Å². The van der Waals surface area contributed by atoms with Crippen LogP contribution < -0.4 is 0 Å². The molecule has 16 heavy (non-hydrogen) atoms. The molecule has 0 unspecified atom stereocenters. The van der Waals surface area contributed by atoms with E-state index in [1.165, 1.54) is 0 Å². The predicted octanol–water partition coefficient (Wildman–Crippen LogP) is 4.27. The molecular formula is C11H6BrF2NS. The van der Waals surface area contributed by atoms with Gasteiger partial charge in [0.05, 0.1) is 4.90 Å². The molecule has 0 saturated heterocycles. The summed E-state index contributed by atoms with van der Waals surface area (Å²) < 4.78 is 26.9. The van der Waals surface area contributed by atoms with Crippen LogP contribution in [0.3, 0.4) is 0 Å². The first-order valence-electron chi connectivity index (χ1n) is 4.40. The van der Waals surface area contributed by atoms with Crippen molar-refractivity contribution in [3.63, 3.8) is 0 Å². The maximum absolute atomic E-state index is 13.3. The Balaban J connectivity index is 2.30. The molecule has 2 aromatic rings. The molecule has 0 saturated carbocycles. The quantitative estimate of drug-likeness (QED) is 0.768. The molecule has 2 rings (SSSR count). The van der Waals surface area contributed by atoms with Crippen molar-refractivity contribution >= 4 is 27.7 Å². The highest BCUT2D eigenvalue weighted by atomic mass is 79.9. The lowest BCUT2D eigenvalue weighted by molar-refractivity contribution is 0.577. The number of rotatable bonds is 2. The molecule has 0 aliphatic rings. The van der Waals surface area contributed by atoms with Crippen molar-refractivity contribution in [3.05, 3.63) is 52.6 Å². The Morgan fingerprint density at radius 3 is 2.69 bits per heavy atom. The highest BCUT2D eigenvalue weighted by Gasteiger charge is 2.06. The van der Waals surface area contributed by atoms with E-state index < -0.39 is 11.6 Å². The molecule has 0 aliphatic heterocycles. The average molecular weight is 302 g/mol. The number of aromatic nitrogens is 1. The largest absolute Gasteiger partial charge is 0.234 e. The summed E-state index contributed by atoms with van der Waals surface area (Å²) in [6.45, 7) is 0. The first-order valence-corrected chi connectivity index (χ1v) is 6.01. The molecule has 1 aromatic carbocycles. The van der Waals surface area contributed by atoms with Crippen molar-refractivity contribution in [1.82, 2.24) is 4.98 Å². The van der Waals surface area contributed by atoms with Gasteiger partial charge in [-0.2, -0.15) is 0 Å². The number of hydrogen-bond acceptors (Lipinski definition) is 2. The van der Waals surface area contributed by atoms with Crippen LogP contribution in [-0.2, 0) is 0 Å². The average Bonchev–Trinajstić information content (AvgIpc) is 2.24. The molecule has 0 fully saturated rings. The highest BCUT2D eigenvalue weighted by molar-refractivity contribution is 9.10. The summed E-state index contributed by atoms with van der Waals surface area (Å²) in [5, 5.41) is 0.610. The summed E-state index contributed by atoms with van der Waals surface area (Å²) >= 11 is 4.30. The summed E-state index contributed by atoms with van der Waals surface area (Å²) in [6, 6.07) is 8.65. The lowest BCUT2D eigenvalue weighted by atomic mass is 10.3. The molecule has 1 aromatic heterocycles. The van der Waals surface area contributed by atoms with Crippen LogP contribution in [-0.4, -0.2) is 4.98 Å². The van der Waals surface area contributed by atoms with Gasteiger partial charge in [0.15, 0.2) is 0 Å². The van der Waals surface area contributed by atoms with Gasteiger partial charge in [-0.3, -0.25) is 0 Å². The van der Waals surface area contributed by atoms with Gasteiger partial charge < -0.3 is 0 Å². The van der Waals surface area contributed by atoms with Crippen LogP contribution in [0.5, 0.6) is 0 Å². The maximum Gasteiger partial charge on any atom is 0.137 e. The summed E-state index contributed by atoms with van der Waals surface area (Å²) in [7, 11) is 0. The second kappa shape index (κ2) is 4.93. The fraction of sp³-hybridized carbons (Fsp3) is 0. The third kappa shape index (κ3) is 2.80. The minimum atomic E-state index is -0.459. The van der Waals surface area contributed by atoms with Crippen molar-refractivity contribution in [3.8, 4) is 0 Å². The molecule has 0 spiro atoms. The summed E-state index contributed by atoms with van der Waals surface area (Å²) in [6.07, 6.45) is 0. The van der Waals surface area contributed by atoms with Gasteiger partial charge in [-0.25, -0.2) is 13.8 Å². The fourth-order valence-electron chi connectivity index (χ4n) is 1.11. The molecule has 0 amide bonds. The predicted molar refractivity (Wildman–Crippen MR) is 62.4 cm³/mol. The van der Waals surface area contributed by atoms with Gasteiger partial charge in [0.2, 0.25) is 0 Å². The Hall–Kier alpha value is -0.940. The Labute approximate surface area is 104 Å². The molecule has 82 valence electrons. The third-order valence-corrected chi connectivity index (χ3v) is 3.21. The van der Waals surface area contributed by atoms with E-state index in [2.05, 4.69) is 20.9 Å². The number of halogens is 3. The molecule has 0 bridgehead atoms. The van der Waals surface area contributed by atoms with Gasteiger partial charge in [0, 0.05) is 0 Å². The zero-order valence-electron chi connectivity index (χ0n) is 7.95. The summed E-state index contributed by atoms with van der Waals surface area (Å²) in [5.41, 5.74) is 0. The highest BCUT2D eigenvalue weighted by Crippen LogP contribution is 2.29. The van der Waals surface area contributed by atoms with E-state index in [1.54, 1.807) is 18.2 Å². The van der Waals surface area contributed by atoms with Gasteiger partial charge in [-0.05, 0) is 46.3 Å². The van der Waals surface area contributed by atoms with Gasteiger partial charge in [-0.1, -0.05) is 17.8 Å². The van der Waals surface area contributed by atoms with Crippen LogP contribution in [0.15, 0.2) is 50.9 Å². The smallest absolute Gasteiger partial charge is 0.137 e. The Morgan fingerprint density at radius 1 is 1.12 bits per heavy atom. The van der Waals surface area contributed by atoms with Crippen LogP contribution in [0.2, 0.25) is 0 Å². The topological polar surface area (TPSA) is 12.9 Å². The molecule has 1 nitrogen and oxygen atoms in total. The van der Waals surface area contributed by atoms with Crippen molar-refractivity contribution in [1.29, 1.82) is 0 Å². The van der Waals surface area contributed by atoms with E-state index in [-0.39, 0.29) is 4.90 Å². The first-order chi connectivity index (χ1) is 7.65. The second-order valence-electron chi connectivity index (χ2n) is 2.98. The molecule has 0 atom stereocenters. The Bertz CT molecular complexity index is 519. The number of hydrogen-bond donors (Lipinski definition) is 0. The number of nitrogens with zero attached hydrogens (tertiary/aromatic N) is 1. The number of pyridine rings is 1. The van der Waals surface area contributed by atoms with Crippen LogP contribution in [0, 0.1) is 11.6 Å². The SMILES string of the molecule is Fc1ccc(F)c(Sc2cccc(Br)n2)c1. The molecular weight excluding hydrogens is 296 g/mol. The minimum Gasteiger partial charge on any atom is -0.234 e. The number of benzene rings is 1. The van der Waals surface area contributed by atoms with E-state index in [4.69, 9.17) is 0 Å². The summed E-state index contributed by atoms with van der Waals surface area (Å²) in [5.74, 6) is -0.910. The first kappa shape index (κ1) is 11.5. The normalized spacial score (nSPS) is 10.4. The van der Waals surface area contributed by atoms with E-state index in [0.717, 1.165) is 30.0 Å². The standard InChI is InChI=1S/C11H6BrF2NS/c12-10-2-1-3-11(15-10)16-9-6-7(13)4-5-8(9)14/h1-6H. The fourth-order valence-corrected chi connectivity index (χ4v) is 2.43. The van der Waals surface area contributed by atoms with Crippen molar-refractivity contribution in [2.45, 2.75) is 9.92 Å². The molecule has 1 heterocycles. The van der Waals surface area contributed by atoms with E-state index in [1.807, 2.05) is 0 Å². The molecule has 0 radical (unpaired) electrons. The van der Waals surface area contributed by atoms with Gasteiger partial charge in [0.25, 0.3) is 0 Å². The maximum atomic E-state index is 13.3. The molecule has 0 N–H and O–H groups in total. The Morgan fingerprint density at radius 2 is 1.94 bits per heavy atom. The monoisotopic (exact) mass is 301 g/mol. The van der Waals surface area contributed by atoms with Crippen molar-refractivity contribution < 1.29 is 8.78 Å². The van der Waals surface area contributed by atoms with Crippen LogP contribution >= 0.6 is 27.7 Å². The second-order valence-corrected chi connectivity index (χ2v) is 4.85. The molecule has 5 heteroatoms. The molecule has 0 aliphatic carbocycles. The van der Waals surface area contributed by atoms with Crippen molar-refractivity contribution in [2.24, 2.45) is 0 Å².